The number of fused-ring (bicyclic) bond motifs is 5. The van der Waals surface area contributed by atoms with Crippen molar-refractivity contribution in [3.8, 4) is 0 Å². The molecule has 0 amide bonds. The van der Waals surface area contributed by atoms with Crippen LogP contribution in [0.3, 0.4) is 0 Å². The molecule has 3 aromatic rings. The minimum atomic E-state index is -0.961. The number of esters is 1. The van der Waals surface area contributed by atoms with Crippen LogP contribution in [0.1, 0.15) is 29.2 Å². The highest BCUT2D eigenvalue weighted by atomic mass is 16.6. The first-order valence-electron chi connectivity index (χ1n) is 9.93. The number of rotatable bonds is 4. The highest BCUT2D eigenvalue weighted by Crippen LogP contribution is 2.68. The van der Waals surface area contributed by atoms with Gasteiger partial charge in [0.05, 0.1) is 6.61 Å². The van der Waals surface area contributed by atoms with E-state index in [1.54, 1.807) is 0 Å². The van der Waals surface area contributed by atoms with Crippen molar-refractivity contribution in [2.45, 2.75) is 18.1 Å². The average molecular weight is 382 g/mol. The Morgan fingerprint density at radius 1 is 0.897 bits per heavy atom. The van der Waals surface area contributed by atoms with Crippen molar-refractivity contribution in [2.75, 3.05) is 6.61 Å². The van der Waals surface area contributed by atoms with Crippen LogP contribution < -0.4 is 0 Å². The van der Waals surface area contributed by atoms with Gasteiger partial charge in [-0.1, -0.05) is 91.5 Å². The van der Waals surface area contributed by atoms with Gasteiger partial charge < -0.3 is 9.47 Å². The Balaban J connectivity index is 1.85. The maximum atomic E-state index is 13.2. The maximum Gasteiger partial charge on any atom is 0.316 e. The summed E-state index contributed by atoms with van der Waals surface area (Å²) in [6.45, 7) is 6.55. The third-order valence-corrected chi connectivity index (χ3v) is 6.13. The van der Waals surface area contributed by atoms with E-state index < -0.39 is 17.1 Å². The Kier molecular flexibility index (Phi) is 3.97. The van der Waals surface area contributed by atoms with Gasteiger partial charge in [-0.2, -0.15) is 0 Å². The number of carbonyl (C=O) groups is 1. The van der Waals surface area contributed by atoms with Gasteiger partial charge in [0.15, 0.2) is 0 Å². The molecular formula is C26H22O3. The largest absolute Gasteiger partial charge is 0.465 e. The van der Waals surface area contributed by atoms with E-state index in [0.29, 0.717) is 6.61 Å². The predicted molar refractivity (Wildman–Crippen MR) is 111 cm³/mol. The van der Waals surface area contributed by atoms with Gasteiger partial charge in [-0.25, -0.2) is 0 Å². The first-order chi connectivity index (χ1) is 14.2. The number of hydrogen-bond donors (Lipinski definition) is 0. The van der Waals surface area contributed by atoms with Crippen molar-refractivity contribution in [3.05, 3.63) is 119 Å². The van der Waals surface area contributed by atoms with Crippen molar-refractivity contribution in [1.29, 1.82) is 0 Å². The lowest BCUT2D eigenvalue weighted by molar-refractivity contribution is -0.152. The quantitative estimate of drug-likeness (QED) is 0.473. The second kappa shape index (κ2) is 6.43. The fourth-order valence-corrected chi connectivity index (χ4v) is 5.04. The van der Waals surface area contributed by atoms with Crippen LogP contribution in [0.4, 0.5) is 0 Å². The van der Waals surface area contributed by atoms with Gasteiger partial charge >= 0.3 is 5.97 Å². The summed E-state index contributed by atoms with van der Waals surface area (Å²) >= 11 is 0. The van der Waals surface area contributed by atoms with Gasteiger partial charge in [0.1, 0.15) is 17.1 Å². The van der Waals surface area contributed by atoms with E-state index in [0.717, 1.165) is 27.8 Å². The Morgan fingerprint density at radius 3 is 2.07 bits per heavy atom. The minimum absolute atomic E-state index is 0.298. The summed E-state index contributed by atoms with van der Waals surface area (Å²) in [4.78, 5) is 13.2. The predicted octanol–water partition coefficient (Wildman–Crippen LogP) is 4.95. The second-order valence-corrected chi connectivity index (χ2v) is 7.51. The molecular weight excluding hydrogens is 360 g/mol. The molecule has 0 spiro atoms. The molecule has 2 bridgehead atoms. The second-order valence-electron chi connectivity index (χ2n) is 7.51. The fourth-order valence-electron chi connectivity index (χ4n) is 5.04. The molecule has 29 heavy (non-hydrogen) atoms. The molecule has 0 radical (unpaired) electrons. The summed E-state index contributed by atoms with van der Waals surface area (Å²) in [6, 6.07) is 28.1. The Labute approximate surface area is 170 Å². The number of carbonyl (C=O) groups excluding carboxylic acids is 1. The molecule has 0 N–H and O–H groups in total. The first-order valence-corrected chi connectivity index (χ1v) is 9.93. The van der Waals surface area contributed by atoms with Gasteiger partial charge in [-0.3, -0.25) is 4.79 Å². The third-order valence-electron chi connectivity index (χ3n) is 6.13. The molecule has 1 saturated heterocycles. The summed E-state index contributed by atoms with van der Waals surface area (Å²) in [7, 11) is 0. The highest BCUT2D eigenvalue weighted by molar-refractivity contribution is 5.84. The van der Waals surface area contributed by atoms with Crippen LogP contribution >= 0.6 is 0 Å². The van der Waals surface area contributed by atoms with Crippen LogP contribution in [0.15, 0.2) is 97.1 Å². The molecule has 3 heteroatoms. The summed E-state index contributed by atoms with van der Waals surface area (Å²) in [6.07, 6.45) is 0. The summed E-state index contributed by atoms with van der Waals surface area (Å²) < 4.78 is 12.5. The standard InChI is InChI=1S/C26H22O3/c1-3-28-24(27)23-18(2)25(19-12-6-4-7-13-19)21-16-10-11-17-22(21)26(23,29-25)20-14-8-5-9-15-20/h4-17,23H,2-3H2,1H3/t23-,25+,26-/m0/s1. The topological polar surface area (TPSA) is 35.5 Å². The van der Waals surface area contributed by atoms with Crippen LogP contribution in [-0.2, 0) is 25.5 Å². The molecule has 3 aromatic carbocycles. The van der Waals surface area contributed by atoms with Crippen LogP contribution in [0.2, 0.25) is 0 Å². The van der Waals surface area contributed by atoms with E-state index in [1.165, 1.54) is 0 Å². The van der Waals surface area contributed by atoms with E-state index in [4.69, 9.17) is 9.47 Å². The maximum absolute atomic E-state index is 13.2. The lowest BCUT2D eigenvalue weighted by atomic mass is 9.64. The molecule has 2 heterocycles. The molecule has 0 saturated carbocycles. The average Bonchev–Trinajstić information content (AvgIpc) is 3.24. The van der Waals surface area contributed by atoms with E-state index >= 15 is 0 Å². The van der Waals surface area contributed by atoms with Gasteiger partial charge in [-0.15, -0.1) is 0 Å². The van der Waals surface area contributed by atoms with Gasteiger partial charge in [0.25, 0.3) is 0 Å². The van der Waals surface area contributed by atoms with E-state index in [2.05, 4.69) is 18.7 Å². The molecule has 2 aliphatic heterocycles. The van der Waals surface area contributed by atoms with Crippen molar-refractivity contribution in [2.24, 2.45) is 5.92 Å². The number of ether oxygens (including phenoxy) is 2. The van der Waals surface area contributed by atoms with E-state index in [9.17, 15) is 4.79 Å². The molecule has 0 unspecified atom stereocenters. The van der Waals surface area contributed by atoms with Gasteiger partial charge in [0.2, 0.25) is 0 Å². The molecule has 3 nitrogen and oxygen atoms in total. The van der Waals surface area contributed by atoms with Crippen molar-refractivity contribution >= 4 is 5.97 Å². The van der Waals surface area contributed by atoms with Crippen LogP contribution in [0.5, 0.6) is 0 Å². The molecule has 0 aromatic heterocycles. The minimum Gasteiger partial charge on any atom is -0.465 e. The lowest BCUT2D eigenvalue weighted by Gasteiger charge is -2.35. The zero-order valence-corrected chi connectivity index (χ0v) is 16.3. The van der Waals surface area contributed by atoms with Crippen LogP contribution in [0, 0.1) is 5.92 Å². The molecule has 1 fully saturated rings. The number of benzene rings is 3. The Hall–Kier alpha value is -3.17. The fraction of sp³-hybridized carbons (Fsp3) is 0.192. The Morgan fingerprint density at radius 2 is 1.45 bits per heavy atom. The van der Waals surface area contributed by atoms with E-state index in [-0.39, 0.29) is 5.97 Å². The van der Waals surface area contributed by atoms with Crippen molar-refractivity contribution < 1.29 is 14.3 Å². The first kappa shape index (κ1) is 17.9. The van der Waals surface area contributed by atoms with Crippen LogP contribution in [-0.4, -0.2) is 12.6 Å². The molecule has 3 atom stereocenters. The SMILES string of the molecule is C=C1[C@@H](C(=O)OCC)[C@@]2(c3ccccc3)O[C@]1(c1ccccc1)c1ccccc12. The number of hydrogen-bond acceptors (Lipinski definition) is 3. The lowest BCUT2D eigenvalue weighted by Crippen LogP contribution is -2.40. The molecule has 0 aliphatic carbocycles. The van der Waals surface area contributed by atoms with Gasteiger partial charge in [0, 0.05) is 0 Å². The monoisotopic (exact) mass is 382 g/mol. The zero-order chi connectivity index (χ0) is 20.1. The zero-order valence-electron chi connectivity index (χ0n) is 16.3. The molecule has 2 aliphatic rings. The summed E-state index contributed by atoms with van der Waals surface area (Å²) in [5.74, 6) is -0.923. The van der Waals surface area contributed by atoms with Gasteiger partial charge in [-0.05, 0) is 34.8 Å². The smallest absolute Gasteiger partial charge is 0.316 e. The third kappa shape index (κ3) is 2.19. The summed E-state index contributed by atoms with van der Waals surface area (Å²) in [5.41, 5.74) is 2.83. The normalized spacial score (nSPS) is 26.9. The summed E-state index contributed by atoms with van der Waals surface area (Å²) in [5, 5.41) is 0. The van der Waals surface area contributed by atoms with E-state index in [1.807, 2.05) is 79.7 Å². The molecule has 144 valence electrons. The van der Waals surface area contributed by atoms with Crippen molar-refractivity contribution in [1.82, 2.24) is 0 Å². The Bertz CT molecular complexity index is 1090. The molecule has 5 rings (SSSR count). The van der Waals surface area contributed by atoms with Crippen LogP contribution in [0.25, 0.3) is 0 Å². The van der Waals surface area contributed by atoms with Crippen molar-refractivity contribution in [3.63, 3.8) is 0 Å². The highest BCUT2D eigenvalue weighted by Gasteiger charge is 2.70.